The van der Waals surface area contributed by atoms with Crippen LogP contribution < -0.4 is 0 Å². The molecule has 0 unspecified atom stereocenters. The smallest absolute Gasteiger partial charge is 0.162 e. The largest absolute Gasteiger partial charge is 0.294 e. The van der Waals surface area contributed by atoms with E-state index >= 15 is 0 Å². The van der Waals surface area contributed by atoms with Crippen LogP contribution in [-0.4, -0.2) is 5.78 Å². The summed E-state index contributed by atoms with van der Waals surface area (Å²) in [5.41, 5.74) is 5.50. The van der Waals surface area contributed by atoms with Gasteiger partial charge in [-0.25, -0.2) is 4.39 Å². The maximum absolute atomic E-state index is 14.4. The minimum absolute atomic E-state index is 0.0286. The lowest BCUT2D eigenvalue weighted by Crippen LogP contribution is -2.02. The summed E-state index contributed by atoms with van der Waals surface area (Å²) in [4.78, 5) is 11.7. The van der Waals surface area contributed by atoms with Gasteiger partial charge in [0.05, 0.1) is 0 Å². The van der Waals surface area contributed by atoms with Crippen LogP contribution in [0.15, 0.2) is 78.9 Å². The Bertz CT molecular complexity index is 841. The van der Waals surface area contributed by atoms with Crippen molar-refractivity contribution in [3.8, 4) is 11.1 Å². The maximum atomic E-state index is 14.4. The minimum atomic E-state index is -0.249. The van der Waals surface area contributed by atoms with Crippen molar-refractivity contribution in [3.63, 3.8) is 0 Å². The van der Waals surface area contributed by atoms with Gasteiger partial charge < -0.3 is 0 Å². The Balaban J connectivity index is 2.18. The zero-order chi connectivity index (χ0) is 18.6. The zero-order valence-corrected chi connectivity index (χ0v) is 14.9. The van der Waals surface area contributed by atoms with Gasteiger partial charge in [-0.2, -0.15) is 0 Å². The van der Waals surface area contributed by atoms with Crippen LogP contribution in [0.1, 0.15) is 25.0 Å². The standard InChI is InChI=1S/C23H23FO/c1-15(2)17(5)12-21-11-10-20(14-22(21)24)19-8-6-18(7-9-19)13-23(25)16(3)4/h6-11,14H,1,3,5,12-13H2,2,4H3. The van der Waals surface area contributed by atoms with Gasteiger partial charge in [-0.1, -0.05) is 61.7 Å². The monoisotopic (exact) mass is 334 g/mol. The number of Topliss-reactive ketones (excluding diaryl/α,β-unsaturated/α-hetero) is 1. The Hall–Kier alpha value is -2.74. The van der Waals surface area contributed by atoms with E-state index in [4.69, 9.17) is 0 Å². The van der Waals surface area contributed by atoms with Crippen molar-refractivity contribution in [3.05, 3.63) is 95.9 Å². The van der Waals surface area contributed by atoms with Gasteiger partial charge in [-0.3, -0.25) is 4.79 Å². The Morgan fingerprint density at radius 3 is 2.00 bits per heavy atom. The number of rotatable bonds is 7. The van der Waals surface area contributed by atoms with Crippen LogP contribution in [0.5, 0.6) is 0 Å². The Labute approximate surface area is 149 Å². The van der Waals surface area contributed by atoms with Crippen molar-refractivity contribution in [1.29, 1.82) is 0 Å². The average molecular weight is 334 g/mol. The van der Waals surface area contributed by atoms with E-state index in [9.17, 15) is 9.18 Å². The van der Waals surface area contributed by atoms with E-state index < -0.39 is 0 Å². The highest BCUT2D eigenvalue weighted by atomic mass is 19.1. The molecule has 2 aromatic carbocycles. The first-order valence-corrected chi connectivity index (χ1v) is 8.18. The molecular formula is C23H23FO. The second kappa shape index (κ2) is 7.89. The van der Waals surface area contributed by atoms with Gasteiger partial charge in [-0.15, -0.1) is 0 Å². The van der Waals surface area contributed by atoms with Crippen LogP contribution in [0.25, 0.3) is 11.1 Å². The molecule has 0 spiro atoms. The molecule has 0 N–H and O–H groups in total. The first kappa shape index (κ1) is 18.6. The van der Waals surface area contributed by atoms with Gasteiger partial charge in [0.25, 0.3) is 0 Å². The lowest BCUT2D eigenvalue weighted by atomic mass is 9.97. The second-order valence-electron chi connectivity index (χ2n) is 6.44. The molecule has 2 heteroatoms. The fourth-order valence-electron chi connectivity index (χ4n) is 2.40. The summed E-state index contributed by atoms with van der Waals surface area (Å²) < 4.78 is 14.4. The quantitative estimate of drug-likeness (QED) is 0.458. The second-order valence-corrected chi connectivity index (χ2v) is 6.44. The molecule has 0 saturated carbocycles. The molecular weight excluding hydrogens is 311 g/mol. The van der Waals surface area contributed by atoms with E-state index in [0.717, 1.165) is 27.8 Å². The molecule has 0 fully saturated rings. The predicted octanol–water partition coefficient (Wildman–Crippen LogP) is 5.86. The van der Waals surface area contributed by atoms with Crippen LogP contribution in [0.3, 0.4) is 0 Å². The number of ketones is 1. The Kier molecular flexibility index (Phi) is 5.87. The number of halogens is 1. The fourth-order valence-corrected chi connectivity index (χ4v) is 2.40. The van der Waals surface area contributed by atoms with Gasteiger partial charge in [-0.05, 0) is 59.7 Å². The summed E-state index contributed by atoms with van der Waals surface area (Å²) >= 11 is 0. The first-order valence-electron chi connectivity index (χ1n) is 8.18. The van der Waals surface area contributed by atoms with Crippen molar-refractivity contribution in [2.75, 3.05) is 0 Å². The fraction of sp³-hybridized carbons (Fsp3) is 0.174. The van der Waals surface area contributed by atoms with Crippen molar-refractivity contribution in [2.24, 2.45) is 0 Å². The molecule has 0 aliphatic carbocycles. The molecule has 2 rings (SSSR count). The van der Waals surface area contributed by atoms with E-state index in [1.807, 2.05) is 37.3 Å². The molecule has 0 aliphatic heterocycles. The minimum Gasteiger partial charge on any atom is -0.294 e. The topological polar surface area (TPSA) is 17.1 Å². The number of hydrogen-bond donors (Lipinski definition) is 0. The summed E-state index contributed by atoms with van der Waals surface area (Å²) in [6.45, 7) is 15.0. The number of carbonyl (C=O) groups is 1. The maximum Gasteiger partial charge on any atom is 0.162 e. The van der Waals surface area contributed by atoms with E-state index in [1.54, 1.807) is 13.0 Å². The molecule has 0 amide bonds. The molecule has 0 aliphatic rings. The van der Waals surface area contributed by atoms with E-state index in [2.05, 4.69) is 19.7 Å². The number of carbonyl (C=O) groups excluding carboxylic acids is 1. The van der Waals surface area contributed by atoms with Gasteiger partial charge in [0.2, 0.25) is 0 Å². The summed E-state index contributed by atoms with van der Waals surface area (Å²) in [5.74, 6) is -0.220. The molecule has 2 aromatic rings. The molecule has 0 heterocycles. The van der Waals surface area contributed by atoms with Crippen molar-refractivity contribution >= 4 is 5.78 Å². The van der Waals surface area contributed by atoms with E-state index in [1.165, 1.54) is 6.07 Å². The van der Waals surface area contributed by atoms with Gasteiger partial charge >= 0.3 is 0 Å². The third-order valence-corrected chi connectivity index (χ3v) is 4.19. The molecule has 0 saturated heterocycles. The number of hydrogen-bond acceptors (Lipinski definition) is 1. The Morgan fingerprint density at radius 2 is 1.48 bits per heavy atom. The predicted molar refractivity (Wildman–Crippen MR) is 103 cm³/mol. The molecule has 1 nitrogen and oxygen atoms in total. The highest BCUT2D eigenvalue weighted by Gasteiger charge is 2.08. The SMILES string of the molecule is C=C(C)C(=C)Cc1ccc(-c2ccc(CC(=O)C(=C)C)cc2)cc1F. The van der Waals surface area contributed by atoms with Crippen molar-refractivity contribution in [2.45, 2.75) is 26.7 Å². The summed E-state index contributed by atoms with van der Waals surface area (Å²) in [7, 11) is 0. The molecule has 0 bridgehead atoms. The molecule has 25 heavy (non-hydrogen) atoms. The summed E-state index contributed by atoms with van der Waals surface area (Å²) in [6, 6.07) is 12.8. The van der Waals surface area contributed by atoms with Gasteiger partial charge in [0.1, 0.15) is 5.82 Å². The van der Waals surface area contributed by atoms with Crippen LogP contribution in [0.4, 0.5) is 4.39 Å². The van der Waals surface area contributed by atoms with Crippen molar-refractivity contribution in [1.82, 2.24) is 0 Å². The molecule has 128 valence electrons. The van der Waals surface area contributed by atoms with E-state index in [0.29, 0.717) is 24.0 Å². The van der Waals surface area contributed by atoms with Crippen LogP contribution in [-0.2, 0) is 17.6 Å². The van der Waals surface area contributed by atoms with Crippen LogP contribution in [0, 0.1) is 5.82 Å². The zero-order valence-electron chi connectivity index (χ0n) is 14.9. The molecule has 0 aromatic heterocycles. The average Bonchev–Trinajstić information content (AvgIpc) is 2.57. The number of benzene rings is 2. The van der Waals surface area contributed by atoms with Gasteiger partial charge in [0.15, 0.2) is 5.78 Å². The van der Waals surface area contributed by atoms with Crippen molar-refractivity contribution < 1.29 is 9.18 Å². The molecule has 0 atom stereocenters. The van der Waals surface area contributed by atoms with Crippen LogP contribution >= 0.6 is 0 Å². The lowest BCUT2D eigenvalue weighted by Gasteiger charge is -2.09. The third-order valence-electron chi connectivity index (χ3n) is 4.19. The molecule has 0 radical (unpaired) electrons. The number of allylic oxidation sites excluding steroid dienone is 3. The highest BCUT2D eigenvalue weighted by molar-refractivity contribution is 5.95. The third kappa shape index (κ3) is 4.87. The Morgan fingerprint density at radius 1 is 0.880 bits per heavy atom. The van der Waals surface area contributed by atoms with E-state index in [-0.39, 0.29) is 11.6 Å². The summed E-state index contributed by atoms with van der Waals surface area (Å²) in [5, 5.41) is 0. The van der Waals surface area contributed by atoms with Gasteiger partial charge in [0, 0.05) is 6.42 Å². The normalized spacial score (nSPS) is 10.4. The summed E-state index contributed by atoms with van der Waals surface area (Å²) in [6.07, 6.45) is 0.801. The highest BCUT2D eigenvalue weighted by Crippen LogP contribution is 2.24. The lowest BCUT2D eigenvalue weighted by molar-refractivity contribution is -0.114. The first-order chi connectivity index (χ1) is 11.8. The van der Waals surface area contributed by atoms with Crippen LogP contribution in [0.2, 0.25) is 0 Å².